The predicted molar refractivity (Wildman–Crippen MR) is 146 cm³/mol. The highest BCUT2D eigenvalue weighted by atomic mass is 35.5. The SMILES string of the molecule is CC(C)Cc1ccc(C[C@@]2(C)CCc3cc(C(=O)N(CC(=O)O)Cc4cccc(Cl)c4)ccc3O2)cc1. The number of hydrogen-bond acceptors (Lipinski definition) is 3. The van der Waals surface area contributed by atoms with Crippen LogP contribution < -0.4 is 4.74 Å². The number of carboxylic acid groups (broad SMARTS) is 1. The molecule has 1 heterocycles. The first-order valence-electron chi connectivity index (χ1n) is 12.8. The molecule has 0 radical (unpaired) electrons. The first kappa shape index (κ1) is 26.7. The van der Waals surface area contributed by atoms with E-state index in [1.54, 1.807) is 24.3 Å². The average Bonchev–Trinajstić information content (AvgIpc) is 2.83. The molecule has 1 amide bonds. The van der Waals surface area contributed by atoms with Gasteiger partial charge in [-0.05, 0) is 84.7 Å². The summed E-state index contributed by atoms with van der Waals surface area (Å²) in [5.41, 5.74) is 4.46. The number of benzene rings is 3. The van der Waals surface area contributed by atoms with Crippen LogP contribution in [0.5, 0.6) is 5.75 Å². The van der Waals surface area contributed by atoms with Gasteiger partial charge in [-0.15, -0.1) is 0 Å². The van der Waals surface area contributed by atoms with Gasteiger partial charge in [0.15, 0.2) is 0 Å². The van der Waals surface area contributed by atoms with E-state index in [0.29, 0.717) is 16.5 Å². The second-order valence-corrected chi connectivity index (χ2v) is 11.1. The van der Waals surface area contributed by atoms with Crippen LogP contribution in [0.25, 0.3) is 0 Å². The van der Waals surface area contributed by atoms with Gasteiger partial charge in [0, 0.05) is 23.6 Å². The van der Waals surface area contributed by atoms with Crippen molar-refractivity contribution in [3.8, 4) is 5.75 Å². The average molecular weight is 520 g/mol. The lowest BCUT2D eigenvalue weighted by molar-refractivity contribution is -0.137. The first-order chi connectivity index (χ1) is 17.6. The summed E-state index contributed by atoms with van der Waals surface area (Å²) >= 11 is 6.08. The van der Waals surface area contributed by atoms with Gasteiger partial charge in [-0.2, -0.15) is 0 Å². The van der Waals surface area contributed by atoms with E-state index in [2.05, 4.69) is 45.0 Å². The topological polar surface area (TPSA) is 66.8 Å². The second-order valence-electron chi connectivity index (χ2n) is 10.7. The summed E-state index contributed by atoms with van der Waals surface area (Å²) in [6.07, 6.45) is 3.49. The van der Waals surface area contributed by atoms with Crippen LogP contribution >= 0.6 is 11.6 Å². The summed E-state index contributed by atoms with van der Waals surface area (Å²) in [4.78, 5) is 26.1. The summed E-state index contributed by atoms with van der Waals surface area (Å²) in [6.45, 7) is 6.35. The van der Waals surface area contributed by atoms with Gasteiger partial charge in [0.2, 0.25) is 0 Å². The summed E-state index contributed by atoms with van der Waals surface area (Å²) in [5.74, 6) is 0.0115. The van der Waals surface area contributed by atoms with Gasteiger partial charge >= 0.3 is 5.97 Å². The summed E-state index contributed by atoms with van der Waals surface area (Å²) in [5, 5.41) is 9.94. The minimum atomic E-state index is -1.07. The number of rotatable bonds is 9. The van der Waals surface area contributed by atoms with Crippen LogP contribution in [0.1, 0.15) is 59.8 Å². The number of carbonyl (C=O) groups excluding carboxylic acids is 1. The molecule has 1 aliphatic heterocycles. The van der Waals surface area contributed by atoms with Gasteiger partial charge in [-0.25, -0.2) is 0 Å². The minimum Gasteiger partial charge on any atom is -0.487 e. The maximum Gasteiger partial charge on any atom is 0.323 e. The molecular formula is C31H34ClNO4. The van der Waals surface area contributed by atoms with E-state index >= 15 is 0 Å². The zero-order chi connectivity index (χ0) is 26.6. The van der Waals surface area contributed by atoms with Crippen molar-refractivity contribution in [1.29, 1.82) is 0 Å². The Morgan fingerprint density at radius 3 is 2.43 bits per heavy atom. The Morgan fingerprint density at radius 2 is 1.76 bits per heavy atom. The lowest BCUT2D eigenvalue weighted by Crippen LogP contribution is -2.39. The third-order valence-electron chi connectivity index (χ3n) is 6.71. The predicted octanol–water partition coefficient (Wildman–Crippen LogP) is 6.59. The largest absolute Gasteiger partial charge is 0.487 e. The number of aliphatic carboxylic acids is 1. The van der Waals surface area contributed by atoms with Crippen molar-refractivity contribution in [1.82, 2.24) is 4.90 Å². The van der Waals surface area contributed by atoms with E-state index in [1.165, 1.54) is 16.0 Å². The van der Waals surface area contributed by atoms with Gasteiger partial charge in [0.1, 0.15) is 17.9 Å². The fourth-order valence-corrected chi connectivity index (χ4v) is 5.16. The molecule has 1 N–H and O–H groups in total. The maximum absolute atomic E-state index is 13.3. The number of aryl methyl sites for hydroxylation is 1. The molecule has 37 heavy (non-hydrogen) atoms. The van der Waals surface area contributed by atoms with E-state index in [9.17, 15) is 14.7 Å². The van der Waals surface area contributed by atoms with Crippen LogP contribution in [-0.2, 0) is 30.6 Å². The molecule has 5 nitrogen and oxygen atoms in total. The van der Waals surface area contributed by atoms with Crippen molar-refractivity contribution in [2.75, 3.05) is 6.54 Å². The van der Waals surface area contributed by atoms with Crippen LogP contribution in [0.4, 0.5) is 0 Å². The molecule has 6 heteroatoms. The number of halogens is 1. The molecule has 4 rings (SSSR count). The number of carbonyl (C=O) groups is 2. The lowest BCUT2D eigenvalue weighted by Gasteiger charge is -2.36. The molecule has 0 saturated carbocycles. The van der Waals surface area contributed by atoms with Crippen molar-refractivity contribution in [2.24, 2.45) is 5.92 Å². The minimum absolute atomic E-state index is 0.160. The third kappa shape index (κ3) is 7.14. The summed E-state index contributed by atoms with van der Waals surface area (Å²) in [6, 6.07) is 21.3. The molecule has 0 bridgehead atoms. The monoisotopic (exact) mass is 519 g/mol. The number of amides is 1. The Balaban J connectivity index is 1.47. The van der Waals surface area contributed by atoms with Crippen LogP contribution in [0, 0.1) is 5.92 Å². The Labute approximate surface area is 224 Å². The van der Waals surface area contributed by atoms with Crippen LogP contribution in [0.3, 0.4) is 0 Å². The van der Waals surface area contributed by atoms with Crippen LogP contribution in [0.2, 0.25) is 5.02 Å². The molecule has 0 fully saturated rings. The number of fused-ring (bicyclic) bond motifs is 1. The molecule has 0 aromatic heterocycles. The number of nitrogens with zero attached hydrogens (tertiary/aromatic N) is 1. The smallest absolute Gasteiger partial charge is 0.323 e. The van der Waals surface area contributed by atoms with Crippen LogP contribution in [0.15, 0.2) is 66.7 Å². The highest BCUT2D eigenvalue weighted by Crippen LogP contribution is 2.36. The number of ether oxygens (including phenoxy) is 1. The van der Waals surface area contributed by atoms with Crippen LogP contribution in [-0.4, -0.2) is 34.0 Å². The first-order valence-corrected chi connectivity index (χ1v) is 13.1. The van der Waals surface area contributed by atoms with E-state index in [0.717, 1.165) is 42.6 Å². The molecule has 1 aliphatic rings. The lowest BCUT2D eigenvalue weighted by atomic mass is 9.86. The summed E-state index contributed by atoms with van der Waals surface area (Å²) < 4.78 is 6.45. The Bertz CT molecular complexity index is 1270. The normalized spacial score (nSPS) is 16.7. The van der Waals surface area contributed by atoms with Gasteiger partial charge in [-0.1, -0.05) is 61.8 Å². The molecule has 1 atom stereocenters. The van der Waals surface area contributed by atoms with E-state index in [1.807, 2.05) is 18.2 Å². The second kappa shape index (κ2) is 11.4. The van der Waals surface area contributed by atoms with Crippen molar-refractivity contribution in [2.45, 2.75) is 58.6 Å². The van der Waals surface area contributed by atoms with Gasteiger partial charge < -0.3 is 14.7 Å². The third-order valence-corrected chi connectivity index (χ3v) is 6.94. The standard InChI is InChI=1S/C31H34ClNO4/c1-21(2)15-22-7-9-23(10-8-22)18-31(3)14-13-25-17-26(11-12-28(25)37-31)30(36)33(20-29(34)35)19-24-5-4-6-27(32)16-24/h4-12,16-17,21H,13-15,18-20H2,1-3H3,(H,34,35)/t31-/m1/s1. The Hall–Kier alpha value is -3.31. The molecule has 3 aromatic carbocycles. The zero-order valence-corrected chi connectivity index (χ0v) is 22.4. The molecule has 0 aliphatic carbocycles. The fraction of sp³-hybridized carbons (Fsp3) is 0.355. The molecule has 0 saturated heterocycles. The van der Waals surface area contributed by atoms with E-state index in [4.69, 9.17) is 16.3 Å². The van der Waals surface area contributed by atoms with E-state index in [-0.39, 0.29) is 18.1 Å². The van der Waals surface area contributed by atoms with Crippen molar-refractivity contribution >= 4 is 23.5 Å². The van der Waals surface area contributed by atoms with E-state index < -0.39 is 12.5 Å². The van der Waals surface area contributed by atoms with Crippen molar-refractivity contribution in [3.63, 3.8) is 0 Å². The maximum atomic E-state index is 13.3. The molecule has 0 spiro atoms. The molecule has 3 aromatic rings. The van der Waals surface area contributed by atoms with Crippen molar-refractivity contribution < 1.29 is 19.4 Å². The molecule has 0 unspecified atom stereocenters. The van der Waals surface area contributed by atoms with Gasteiger partial charge in [-0.3, -0.25) is 9.59 Å². The number of hydrogen-bond donors (Lipinski definition) is 1. The Kier molecular flexibility index (Phi) is 8.23. The molecular weight excluding hydrogens is 486 g/mol. The molecule has 194 valence electrons. The fourth-order valence-electron chi connectivity index (χ4n) is 4.94. The quantitative estimate of drug-likeness (QED) is 0.346. The number of carboxylic acids is 1. The summed E-state index contributed by atoms with van der Waals surface area (Å²) in [7, 11) is 0. The van der Waals surface area contributed by atoms with Gasteiger partial charge in [0.05, 0.1) is 0 Å². The van der Waals surface area contributed by atoms with Gasteiger partial charge in [0.25, 0.3) is 5.91 Å². The highest BCUT2D eigenvalue weighted by molar-refractivity contribution is 6.30. The Morgan fingerprint density at radius 1 is 1.03 bits per heavy atom. The highest BCUT2D eigenvalue weighted by Gasteiger charge is 2.32. The van der Waals surface area contributed by atoms with Crippen molar-refractivity contribution in [3.05, 3.63) is 99.6 Å². The zero-order valence-electron chi connectivity index (χ0n) is 21.7.